The Morgan fingerprint density at radius 1 is 0.727 bits per heavy atom. The molecule has 11 heteroatoms. The van der Waals surface area contributed by atoms with Crippen LogP contribution in [0.4, 0.5) is 0 Å². The van der Waals surface area contributed by atoms with Crippen molar-refractivity contribution in [2.24, 2.45) is 5.92 Å². The molecule has 0 aliphatic rings. The van der Waals surface area contributed by atoms with E-state index in [9.17, 15) is 28.8 Å². The summed E-state index contributed by atoms with van der Waals surface area (Å²) in [4.78, 5) is 79.0. The first kappa shape index (κ1) is 35.7. The number of Topliss-reactive ketones (excluding diaryl/α,β-unsaturated/α-hetero) is 1. The summed E-state index contributed by atoms with van der Waals surface area (Å²) in [5, 5.41) is 10.3. The summed E-state index contributed by atoms with van der Waals surface area (Å²) in [6.07, 6.45) is 1.71. The zero-order chi connectivity index (χ0) is 32.6. The first-order valence-corrected chi connectivity index (χ1v) is 15.1. The zero-order valence-electron chi connectivity index (χ0n) is 26.2. The summed E-state index contributed by atoms with van der Waals surface area (Å²) >= 11 is 0. The highest BCUT2D eigenvalue weighted by Gasteiger charge is 2.32. The fraction of sp³-hybridized carbons (Fsp3) is 0.455. The van der Waals surface area contributed by atoms with Crippen LogP contribution < -0.4 is 21.3 Å². The molecule has 0 fully saturated rings. The van der Waals surface area contributed by atoms with Crippen LogP contribution in [0.15, 0.2) is 60.7 Å². The van der Waals surface area contributed by atoms with Crippen LogP contribution in [-0.4, -0.2) is 78.0 Å². The third kappa shape index (κ3) is 11.3. The van der Waals surface area contributed by atoms with Crippen molar-refractivity contribution in [3.05, 3.63) is 71.8 Å². The number of ketones is 1. The van der Waals surface area contributed by atoms with Gasteiger partial charge in [-0.25, -0.2) is 0 Å². The molecule has 5 amide bonds. The van der Waals surface area contributed by atoms with Crippen LogP contribution >= 0.6 is 0 Å². The fourth-order valence-electron chi connectivity index (χ4n) is 4.48. The second kappa shape index (κ2) is 18.2. The van der Waals surface area contributed by atoms with E-state index in [0.717, 1.165) is 18.4 Å². The molecule has 0 radical (unpaired) electrons. The molecule has 0 saturated heterocycles. The topological polar surface area (TPSA) is 154 Å². The SMILES string of the molecule is CCCN(CCC)C(=O)CNC(=O)C(=O)[C@@H](NC(=O)[C@H](C)NC(=O)[C@H](Cc1ccccc1)NC(=O)c1ccccc1)C(C)C. The van der Waals surface area contributed by atoms with Gasteiger partial charge in [0.05, 0.1) is 12.6 Å². The summed E-state index contributed by atoms with van der Waals surface area (Å²) in [5.74, 6) is -4.33. The van der Waals surface area contributed by atoms with Crippen molar-refractivity contribution in [1.29, 1.82) is 0 Å². The second-order valence-electron chi connectivity index (χ2n) is 11.0. The molecule has 3 atom stereocenters. The maximum Gasteiger partial charge on any atom is 0.290 e. The molecule has 0 unspecified atom stereocenters. The smallest absolute Gasteiger partial charge is 0.290 e. The molecule has 11 nitrogen and oxygen atoms in total. The van der Waals surface area contributed by atoms with Gasteiger partial charge in [0, 0.05) is 25.1 Å². The standard InChI is InChI=1S/C33H45N5O6/c1-6-18-38(19-7-2)27(39)21-34-33(44)29(40)28(22(3)4)37-30(41)23(5)35-32(43)26(20-24-14-10-8-11-15-24)36-31(42)25-16-12-9-13-17-25/h8-17,22-23,26,28H,6-7,18-21H2,1-5H3,(H,34,44)(H,35,43)(H,36,42)(H,37,41)/t23-,26-,28-/m0/s1. The molecule has 2 rings (SSSR count). The highest BCUT2D eigenvalue weighted by atomic mass is 16.2. The summed E-state index contributed by atoms with van der Waals surface area (Å²) in [6, 6.07) is 14.3. The van der Waals surface area contributed by atoms with Gasteiger partial charge in [0.25, 0.3) is 11.8 Å². The molecule has 0 aliphatic carbocycles. The quantitative estimate of drug-likeness (QED) is 0.202. The van der Waals surface area contributed by atoms with Gasteiger partial charge < -0.3 is 26.2 Å². The average Bonchev–Trinajstić information content (AvgIpc) is 3.02. The van der Waals surface area contributed by atoms with Crippen LogP contribution in [0.25, 0.3) is 0 Å². The third-order valence-corrected chi connectivity index (χ3v) is 6.90. The van der Waals surface area contributed by atoms with Crippen molar-refractivity contribution < 1.29 is 28.8 Å². The van der Waals surface area contributed by atoms with E-state index in [1.807, 2.05) is 44.2 Å². The van der Waals surface area contributed by atoms with E-state index in [1.165, 1.54) is 6.92 Å². The summed E-state index contributed by atoms with van der Waals surface area (Å²) in [6.45, 7) is 9.45. The van der Waals surface area contributed by atoms with Gasteiger partial charge in [0.15, 0.2) is 0 Å². The number of benzene rings is 2. The van der Waals surface area contributed by atoms with E-state index in [2.05, 4.69) is 21.3 Å². The minimum absolute atomic E-state index is 0.180. The monoisotopic (exact) mass is 607 g/mol. The van der Waals surface area contributed by atoms with Crippen molar-refractivity contribution in [1.82, 2.24) is 26.2 Å². The van der Waals surface area contributed by atoms with Crippen molar-refractivity contribution in [2.75, 3.05) is 19.6 Å². The molecule has 44 heavy (non-hydrogen) atoms. The van der Waals surface area contributed by atoms with Crippen molar-refractivity contribution >= 4 is 35.3 Å². The van der Waals surface area contributed by atoms with Gasteiger partial charge >= 0.3 is 0 Å². The van der Waals surface area contributed by atoms with Gasteiger partial charge in [-0.2, -0.15) is 0 Å². The lowest BCUT2D eigenvalue weighted by Crippen LogP contribution is -2.57. The summed E-state index contributed by atoms with van der Waals surface area (Å²) in [7, 11) is 0. The maximum absolute atomic E-state index is 13.3. The number of hydrogen-bond donors (Lipinski definition) is 4. The van der Waals surface area contributed by atoms with Crippen LogP contribution in [-0.2, 0) is 30.4 Å². The number of carbonyl (C=O) groups is 6. The zero-order valence-corrected chi connectivity index (χ0v) is 26.2. The van der Waals surface area contributed by atoms with E-state index in [-0.39, 0.29) is 18.9 Å². The molecule has 238 valence electrons. The molecule has 0 spiro atoms. The Morgan fingerprint density at radius 3 is 1.84 bits per heavy atom. The van der Waals surface area contributed by atoms with E-state index in [4.69, 9.17) is 0 Å². The van der Waals surface area contributed by atoms with Gasteiger partial charge in [0.1, 0.15) is 12.1 Å². The molecule has 0 saturated carbocycles. The Hall–Kier alpha value is -4.54. The van der Waals surface area contributed by atoms with E-state index in [1.54, 1.807) is 49.1 Å². The fourth-order valence-corrected chi connectivity index (χ4v) is 4.48. The predicted octanol–water partition coefficient (Wildman–Crippen LogP) is 2.01. The lowest BCUT2D eigenvalue weighted by molar-refractivity contribution is -0.142. The van der Waals surface area contributed by atoms with Gasteiger partial charge in [-0.15, -0.1) is 0 Å². The molecule has 2 aromatic rings. The molecule has 2 aromatic carbocycles. The Kier molecular flexibility index (Phi) is 14.7. The second-order valence-corrected chi connectivity index (χ2v) is 11.0. The van der Waals surface area contributed by atoms with Gasteiger partial charge in [0.2, 0.25) is 23.5 Å². The number of nitrogens with one attached hydrogen (secondary N) is 4. The maximum atomic E-state index is 13.3. The molecular formula is C33H45N5O6. The molecule has 0 aromatic heterocycles. The number of rotatable bonds is 17. The number of carbonyl (C=O) groups excluding carboxylic acids is 6. The molecule has 0 bridgehead atoms. The van der Waals surface area contributed by atoms with E-state index in [0.29, 0.717) is 18.7 Å². The Morgan fingerprint density at radius 2 is 1.30 bits per heavy atom. The largest absolute Gasteiger partial charge is 0.344 e. The minimum Gasteiger partial charge on any atom is -0.344 e. The molecule has 0 heterocycles. The summed E-state index contributed by atoms with van der Waals surface area (Å²) in [5.41, 5.74) is 1.19. The van der Waals surface area contributed by atoms with Crippen LogP contribution in [0.5, 0.6) is 0 Å². The normalized spacial score (nSPS) is 12.8. The van der Waals surface area contributed by atoms with E-state index < -0.39 is 53.5 Å². The first-order chi connectivity index (χ1) is 21.0. The number of hydrogen-bond acceptors (Lipinski definition) is 6. The number of nitrogens with zero attached hydrogens (tertiary/aromatic N) is 1. The van der Waals surface area contributed by atoms with Gasteiger partial charge in [-0.1, -0.05) is 76.2 Å². The lowest BCUT2D eigenvalue weighted by Gasteiger charge is -2.25. The number of amides is 5. The van der Waals surface area contributed by atoms with Crippen molar-refractivity contribution in [2.45, 2.75) is 72.0 Å². The van der Waals surface area contributed by atoms with Crippen molar-refractivity contribution in [3.63, 3.8) is 0 Å². The molecular weight excluding hydrogens is 562 g/mol. The van der Waals surface area contributed by atoms with Gasteiger partial charge in [-0.05, 0) is 43.4 Å². The van der Waals surface area contributed by atoms with Crippen LogP contribution in [0.2, 0.25) is 0 Å². The van der Waals surface area contributed by atoms with Crippen LogP contribution in [0.3, 0.4) is 0 Å². The average molecular weight is 608 g/mol. The third-order valence-electron chi connectivity index (χ3n) is 6.90. The van der Waals surface area contributed by atoms with Gasteiger partial charge in [-0.3, -0.25) is 28.8 Å². The first-order valence-electron chi connectivity index (χ1n) is 15.1. The molecule has 4 N–H and O–H groups in total. The van der Waals surface area contributed by atoms with Crippen LogP contribution in [0.1, 0.15) is 63.4 Å². The Labute approximate surface area is 259 Å². The molecule has 0 aliphatic heterocycles. The predicted molar refractivity (Wildman–Crippen MR) is 167 cm³/mol. The highest BCUT2D eigenvalue weighted by molar-refractivity contribution is 6.38. The van der Waals surface area contributed by atoms with E-state index >= 15 is 0 Å². The van der Waals surface area contributed by atoms with Crippen LogP contribution in [0, 0.1) is 5.92 Å². The summed E-state index contributed by atoms with van der Waals surface area (Å²) < 4.78 is 0. The van der Waals surface area contributed by atoms with Crippen molar-refractivity contribution in [3.8, 4) is 0 Å². The Balaban J connectivity index is 2.06. The highest BCUT2D eigenvalue weighted by Crippen LogP contribution is 2.08. The Bertz CT molecular complexity index is 1260. The minimum atomic E-state index is -1.18. The lowest BCUT2D eigenvalue weighted by atomic mass is 9.98.